The fourth-order valence-electron chi connectivity index (χ4n) is 1.28. The van der Waals surface area contributed by atoms with Crippen molar-refractivity contribution in [3.8, 4) is 0 Å². The Labute approximate surface area is 89.5 Å². The summed E-state index contributed by atoms with van der Waals surface area (Å²) in [4.78, 5) is 28.2. The van der Waals surface area contributed by atoms with Crippen LogP contribution in [0.25, 0.3) is 20.9 Å². The molecule has 0 atom stereocenters. The summed E-state index contributed by atoms with van der Waals surface area (Å²) >= 11 is 0. The molecule has 80 valence electrons. The van der Waals surface area contributed by atoms with Crippen LogP contribution in [0.1, 0.15) is 13.8 Å². The summed E-state index contributed by atoms with van der Waals surface area (Å²) in [7, 11) is 0. The van der Waals surface area contributed by atoms with Crippen molar-refractivity contribution < 1.29 is 9.59 Å². The number of Topliss-reactive ketones (excluding diaryl/α,β-unsaturated/α-hetero) is 2. The molecule has 0 aromatic rings. The Morgan fingerprint density at radius 1 is 0.875 bits per heavy atom. The van der Waals surface area contributed by atoms with E-state index in [4.69, 9.17) is 11.1 Å². The zero-order chi connectivity index (χ0) is 12.3. The van der Waals surface area contributed by atoms with E-state index in [9.17, 15) is 9.59 Å². The van der Waals surface area contributed by atoms with Crippen LogP contribution < -0.4 is 0 Å². The Morgan fingerprint density at radius 3 is 1.56 bits per heavy atom. The van der Waals surface area contributed by atoms with Gasteiger partial charge in [0.2, 0.25) is 0 Å². The van der Waals surface area contributed by atoms with Crippen LogP contribution in [0.4, 0.5) is 0 Å². The molecule has 8 heteroatoms. The van der Waals surface area contributed by atoms with Crippen molar-refractivity contribution in [1.82, 2.24) is 0 Å². The summed E-state index contributed by atoms with van der Waals surface area (Å²) in [6, 6.07) is 0. The van der Waals surface area contributed by atoms with Crippen molar-refractivity contribution in [3.05, 3.63) is 43.4 Å². The summed E-state index contributed by atoms with van der Waals surface area (Å²) in [5.41, 5.74) is 16.0. The quantitative estimate of drug-likeness (QED) is 0.304. The van der Waals surface area contributed by atoms with Crippen LogP contribution in [0.15, 0.2) is 32.8 Å². The van der Waals surface area contributed by atoms with Crippen LogP contribution in [-0.2, 0) is 9.59 Å². The van der Waals surface area contributed by atoms with Gasteiger partial charge in [-0.05, 0) is 24.9 Å². The molecule has 0 fully saturated rings. The molecule has 1 aliphatic carbocycles. The van der Waals surface area contributed by atoms with E-state index in [0.717, 1.165) is 0 Å². The minimum atomic E-state index is -0.731. The highest BCUT2D eigenvalue weighted by Gasteiger charge is 2.28. The average Bonchev–Trinajstić information content (AvgIpc) is 2.28. The number of azide groups is 2. The van der Waals surface area contributed by atoms with Gasteiger partial charge in [0.05, 0.1) is 11.4 Å². The summed E-state index contributed by atoms with van der Waals surface area (Å²) < 4.78 is 0. The van der Waals surface area contributed by atoms with E-state index in [-0.39, 0.29) is 22.5 Å². The molecule has 0 amide bonds. The summed E-state index contributed by atoms with van der Waals surface area (Å²) in [6.07, 6.45) is 0. The first-order valence-corrected chi connectivity index (χ1v) is 4.16. The lowest BCUT2D eigenvalue weighted by molar-refractivity contribution is -0.116. The number of carbonyl (C=O) groups is 2. The molecule has 0 aliphatic heterocycles. The van der Waals surface area contributed by atoms with Gasteiger partial charge in [-0.15, -0.1) is 0 Å². The fraction of sp³-hybridized carbons (Fsp3) is 0.250. The zero-order valence-electron chi connectivity index (χ0n) is 8.50. The minimum Gasteiger partial charge on any atom is -0.289 e. The standard InChI is InChI=1S/C8H6N6O2/c1-3-5(11-13-9)8(16)6(12-14-10)4(2)7(3)15/h1-2H3. The summed E-state index contributed by atoms with van der Waals surface area (Å²) in [5, 5.41) is 6.27. The molecule has 0 bridgehead atoms. The second-order valence-corrected chi connectivity index (χ2v) is 2.98. The van der Waals surface area contributed by atoms with Crippen molar-refractivity contribution in [2.24, 2.45) is 10.2 Å². The maximum Gasteiger partial charge on any atom is 0.198 e. The van der Waals surface area contributed by atoms with Crippen molar-refractivity contribution >= 4 is 11.6 Å². The first-order valence-electron chi connectivity index (χ1n) is 4.16. The van der Waals surface area contributed by atoms with Crippen LogP contribution in [0, 0.1) is 0 Å². The molecule has 1 rings (SSSR count). The third-order valence-electron chi connectivity index (χ3n) is 2.11. The SMILES string of the molecule is CC1=C(N=[N+]=[N-])C(=O)C(N=[N+]=[N-])=C(C)C1=O. The molecule has 0 N–H and O–H groups in total. The van der Waals surface area contributed by atoms with Gasteiger partial charge in [0, 0.05) is 21.0 Å². The Balaban J connectivity index is 3.49. The van der Waals surface area contributed by atoms with Crippen molar-refractivity contribution in [1.29, 1.82) is 0 Å². The molecule has 0 heterocycles. The Bertz CT molecular complexity index is 497. The van der Waals surface area contributed by atoms with E-state index in [0.29, 0.717) is 0 Å². The molecular weight excluding hydrogens is 212 g/mol. The third-order valence-corrected chi connectivity index (χ3v) is 2.11. The van der Waals surface area contributed by atoms with Crippen molar-refractivity contribution in [2.45, 2.75) is 13.8 Å². The van der Waals surface area contributed by atoms with Crippen molar-refractivity contribution in [3.63, 3.8) is 0 Å². The second-order valence-electron chi connectivity index (χ2n) is 2.98. The topological polar surface area (TPSA) is 132 Å². The largest absolute Gasteiger partial charge is 0.289 e. The Hall–Kier alpha value is -2.56. The lowest BCUT2D eigenvalue weighted by Crippen LogP contribution is -2.19. The third kappa shape index (κ3) is 1.66. The number of allylic oxidation sites excluding steroid dienone is 2. The maximum absolute atomic E-state index is 11.7. The second kappa shape index (κ2) is 4.31. The number of carbonyl (C=O) groups excluding carboxylic acids is 2. The number of rotatable bonds is 2. The molecule has 1 aliphatic rings. The molecule has 0 unspecified atom stereocenters. The number of nitrogens with zero attached hydrogens (tertiary/aromatic N) is 6. The lowest BCUT2D eigenvalue weighted by atomic mass is 9.93. The number of hydrogen-bond acceptors (Lipinski definition) is 4. The lowest BCUT2D eigenvalue weighted by Gasteiger charge is -2.14. The highest BCUT2D eigenvalue weighted by atomic mass is 16.1. The van der Waals surface area contributed by atoms with E-state index >= 15 is 0 Å². The molecule has 16 heavy (non-hydrogen) atoms. The first-order chi connectivity index (χ1) is 7.54. The monoisotopic (exact) mass is 218 g/mol. The van der Waals surface area contributed by atoms with Crippen LogP contribution >= 0.6 is 0 Å². The van der Waals surface area contributed by atoms with E-state index in [1.807, 2.05) is 0 Å². The highest BCUT2D eigenvalue weighted by molar-refractivity contribution is 6.24. The van der Waals surface area contributed by atoms with E-state index in [2.05, 4.69) is 20.1 Å². The van der Waals surface area contributed by atoms with Gasteiger partial charge < -0.3 is 0 Å². The van der Waals surface area contributed by atoms with Gasteiger partial charge in [-0.2, -0.15) is 0 Å². The fourth-order valence-corrected chi connectivity index (χ4v) is 1.28. The predicted molar refractivity (Wildman–Crippen MR) is 53.7 cm³/mol. The smallest absolute Gasteiger partial charge is 0.198 e. The summed E-state index contributed by atoms with van der Waals surface area (Å²) in [6.45, 7) is 2.75. The van der Waals surface area contributed by atoms with Crippen LogP contribution in [0.3, 0.4) is 0 Å². The molecule has 0 aromatic heterocycles. The average molecular weight is 218 g/mol. The van der Waals surface area contributed by atoms with Gasteiger partial charge in [0.15, 0.2) is 11.6 Å². The summed E-state index contributed by atoms with van der Waals surface area (Å²) in [5.74, 6) is -1.20. The van der Waals surface area contributed by atoms with Gasteiger partial charge in [-0.1, -0.05) is 10.2 Å². The number of hydrogen-bond donors (Lipinski definition) is 0. The number of ketones is 2. The first kappa shape index (κ1) is 11.5. The van der Waals surface area contributed by atoms with Crippen molar-refractivity contribution in [2.75, 3.05) is 0 Å². The van der Waals surface area contributed by atoms with Crippen LogP contribution in [0.2, 0.25) is 0 Å². The van der Waals surface area contributed by atoms with Gasteiger partial charge in [0.25, 0.3) is 0 Å². The Morgan fingerprint density at radius 2 is 1.25 bits per heavy atom. The van der Waals surface area contributed by atoms with Crippen LogP contribution in [0.5, 0.6) is 0 Å². The molecule has 8 nitrogen and oxygen atoms in total. The molecule has 0 spiro atoms. The molecule has 0 saturated heterocycles. The maximum atomic E-state index is 11.7. The van der Waals surface area contributed by atoms with Gasteiger partial charge in [-0.3, -0.25) is 9.59 Å². The zero-order valence-corrected chi connectivity index (χ0v) is 8.50. The molecular formula is C8H6N6O2. The normalized spacial score (nSPS) is 15.9. The predicted octanol–water partition coefficient (Wildman–Crippen LogP) is 2.31. The van der Waals surface area contributed by atoms with Gasteiger partial charge in [0.1, 0.15) is 0 Å². The molecule has 0 saturated carbocycles. The van der Waals surface area contributed by atoms with Crippen LogP contribution in [-0.4, -0.2) is 11.6 Å². The molecule has 0 aromatic carbocycles. The van der Waals surface area contributed by atoms with E-state index in [1.165, 1.54) is 13.8 Å². The van der Waals surface area contributed by atoms with E-state index in [1.54, 1.807) is 0 Å². The van der Waals surface area contributed by atoms with Gasteiger partial charge >= 0.3 is 0 Å². The van der Waals surface area contributed by atoms with E-state index < -0.39 is 11.6 Å². The minimum absolute atomic E-state index is 0.0530. The highest BCUT2D eigenvalue weighted by Crippen LogP contribution is 2.26. The van der Waals surface area contributed by atoms with Gasteiger partial charge in [-0.25, -0.2) is 0 Å². The Kier molecular flexibility index (Phi) is 3.10. The molecule has 0 radical (unpaired) electrons.